The van der Waals surface area contributed by atoms with Crippen molar-refractivity contribution in [1.29, 1.82) is 0 Å². The maximum atomic E-state index is 12.0. The van der Waals surface area contributed by atoms with Gasteiger partial charge in [0.1, 0.15) is 6.61 Å². The number of hydrogen-bond acceptors (Lipinski definition) is 3. The molecule has 0 saturated heterocycles. The lowest BCUT2D eigenvalue weighted by molar-refractivity contribution is 0.140. The molecule has 6 nitrogen and oxygen atoms in total. The first kappa shape index (κ1) is 17.8. The maximum Gasteiger partial charge on any atom is 0.326 e. The van der Waals surface area contributed by atoms with E-state index in [2.05, 4.69) is 36.6 Å². The van der Waals surface area contributed by atoms with Crippen molar-refractivity contribution in [1.82, 2.24) is 5.32 Å². The summed E-state index contributed by atoms with van der Waals surface area (Å²) < 4.78 is 0. The summed E-state index contributed by atoms with van der Waals surface area (Å²) >= 11 is 0. The Balaban J connectivity index is 2.65. The molecule has 0 atom stereocenters. The number of oxime groups is 1. The minimum atomic E-state index is -0.420. The van der Waals surface area contributed by atoms with E-state index in [4.69, 9.17) is 10.6 Å². The van der Waals surface area contributed by atoms with Gasteiger partial charge < -0.3 is 15.9 Å². The Bertz CT molecular complexity index is 493. The lowest BCUT2D eigenvalue weighted by atomic mass is 10.0. The Labute approximate surface area is 132 Å². The molecule has 1 aromatic rings. The van der Waals surface area contributed by atoms with E-state index in [-0.39, 0.29) is 5.96 Å². The predicted molar refractivity (Wildman–Crippen MR) is 89.8 cm³/mol. The number of unbranched alkanes of at least 4 members (excludes halogenated alkanes) is 1. The van der Waals surface area contributed by atoms with Crippen LogP contribution in [0.15, 0.2) is 23.4 Å². The number of nitrogens with two attached hydrogens (primary N) is 1. The molecule has 0 unspecified atom stereocenters. The lowest BCUT2D eigenvalue weighted by Gasteiger charge is -2.14. The number of amides is 2. The smallest absolute Gasteiger partial charge is 0.326 e. The van der Waals surface area contributed by atoms with Crippen molar-refractivity contribution >= 4 is 17.7 Å². The molecule has 2 amide bonds. The highest BCUT2D eigenvalue weighted by Crippen LogP contribution is 2.22. The Morgan fingerprint density at radius 1 is 1.23 bits per heavy atom. The van der Waals surface area contributed by atoms with Crippen LogP contribution in [0.3, 0.4) is 0 Å². The number of benzene rings is 1. The molecule has 0 aliphatic rings. The minimum absolute atomic E-state index is 0.0550. The summed E-state index contributed by atoms with van der Waals surface area (Å²) in [5.74, 6) is -0.0550. The van der Waals surface area contributed by atoms with E-state index in [0.29, 0.717) is 6.61 Å². The van der Waals surface area contributed by atoms with Gasteiger partial charge in [-0.25, -0.2) is 4.79 Å². The van der Waals surface area contributed by atoms with Gasteiger partial charge in [0.15, 0.2) is 0 Å². The van der Waals surface area contributed by atoms with Gasteiger partial charge in [-0.1, -0.05) is 45.4 Å². The van der Waals surface area contributed by atoms with Crippen molar-refractivity contribution in [2.45, 2.75) is 46.5 Å². The second-order valence-electron chi connectivity index (χ2n) is 4.90. The highest BCUT2D eigenvalue weighted by molar-refractivity contribution is 6.02. The average Bonchev–Trinajstić information content (AvgIpc) is 2.51. The number of anilines is 1. The normalized spacial score (nSPS) is 11.1. The first-order chi connectivity index (χ1) is 10.6. The molecule has 6 heteroatoms. The molecule has 1 aromatic carbocycles. The number of carbonyl (C=O) groups excluding carboxylic acids is 1. The van der Waals surface area contributed by atoms with E-state index < -0.39 is 6.03 Å². The van der Waals surface area contributed by atoms with Crippen LogP contribution in [-0.4, -0.2) is 18.6 Å². The standard InChI is InChI=1S/C16H26N4O2/c1-4-7-11-22-20-15(17)19-16(21)18-14-12(5-2)9-8-10-13(14)6-3/h8-10H,4-7,11H2,1-3H3,(H4,17,18,19,20,21). The average molecular weight is 306 g/mol. The van der Waals surface area contributed by atoms with Gasteiger partial charge in [0.2, 0.25) is 5.96 Å². The van der Waals surface area contributed by atoms with Crippen molar-refractivity contribution < 1.29 is 9.63 Å². The minimum Gasteiger partial charge on any atom is -0.393 e. The van der Waals surface area contributed by atoms with Crippen molar-refractivity contribution in [3.63, 3.8) is 0 Å². The molecular weight excluding hydrogens is 280 g/mol. The topological polar surface area (TPSA) is 88.7 Å². The van der Waals surface area contributed by atoms with Gasteiger partial charge in [0.25, 0.3) is 0 Å². The van der Waals surface area contributed by atoms with Crippen LogP contribution in [0, 0.1) is 0 Å². The predicted octanol–water partition coefficient (Wildman–Crippen LogP) is 2.98. The fourth-order valence-electron chi connectivity index (χ4n) is 2.01. The molecule has 122 valence electrons. The molecule has 0 radical (unpaired) electrons. The Morgan fingerprint density at radius 2 is 1.86 bits per heavy atom. The summed E-state index contributed by atoms with van der Waals surface area (Å²) in [6.45, 7) is 6.64. The molecule has 1 rings (SSSR count). The third-order valence-electron chi connectivity index (χ3n) is 3.23. The summed E-state index contributed by atoms with van der Waals surface area (Å²) in [6.07, 6.45) is 3.59. The molecule has 4 N–H and O–H groups in total. The third-order valence-corrected chi connectivity index (χ3v) is 3.23. The number of hydrogen-bond donors (Lipinski definition) is 3. The fourth-order valence-corrected chi connectivity index (χ4v) is 2.01. The van der Waals surface area contributed by atoms with E-state index in [1.807, 2.05) is 18.2 Å². The zero-order chi connectivity index (χ0) is 16.4. The zero-order valence-corrected chi connectivity index (χ0v) is 13.6. The number of nitrogens with zero attached hydrogens (tertiary/aromatic N) is 1. The highest BCUT2D eigenvalue weighted by Gasteiger charge is 2.10. The van der Waals surface area contributed by atoms with E-state index in [0.717, 1.165) is 42.5 Å². The summed E-state index contributed by atoms with van der Waals surface area (Å²) in [4.78, 5) is 17.0. The summed E-state index contributed by atoms with van der Waals surface area (Å²) in [7, 11) is 0. The maximum absolute atomic E-state index is 12.0. The molecule has 0 bridgehead atoms. The van der Waals surface area contributed by atoms with Crippen LogP contribution < -0.4 is 16.4 Å². The molecule has 0 aliphatic carbocycles. The van der Waals surface area contributed by atoms with E-state index in [1.165, 1.54) is 0 Å². The number of urea groups is 1. The quantitative estimate of drug-likeness (QED) is 0.313. The zero-order valence-electron chi connectivity index (χ0n) is 13.6. The molecule has 0 aliphatic heterocycles. The monoisotopic (exact) mass is 306 g/mol. The lowest BCUT2D eigenvalue weighted by Crippen LogP contribution is -2.40. The van der Waals surface area contributed by atoms with Gasteiger partial charge in [0, 0.05) is 5.69 Å². The van der Waals surface area contributed by atoms with Crippen molar-refractivity contribution in [2.24, 2.45) is 10.9 Å². The number of para-hydroxylation sites is 1. The summed E-state index contributed by atoms with van der Waals surface area (Å²) in [5.41, 5.74) is 8.62. The van der Waals surface area contributed by atoms with E-state index in [9.17, 15) is 4.79 Å². The number of nitrogens with one attached hydrogen (secondary N) is 2. The van der Waals surface area contributed by atoms with E-state index >= 15 is 0 Å². The van der Waals surface area contributed by atoms with Crippen LogP contribution in [0.4, 0.5) is 10.5 Å². The van der Waals surface area contributed by atoms with Gasteiger partial charge in [-0.3, -0.25) is 5.32 Å². The fraction of sp³-hybridized carbons (Fsp3) is 0.500. The highest BCUT2D eigenvalue weighted by atomic mass is 16.6. The van der Waals surface area contributed by atoms with Crippen LogP contribution in [0.25, 0.3) is 0 Å². The largest absolute Gasteiger partial charge is 0.393 e. The van der Waals surface area contributed by atoms with Crippen LogP contribution in [0.1, 0.15) is 44.7 Å². The van der Waals surface area contributed by atoms with Gasteiger partial charge in [-0.15, -0.1) is 0 Å². The SMILES string of the molecule is CCCCON=C(N)NC(=O)Nc1c(CC)cccc1CC. The first-order valence-corrected chi connectivity index (χ1v) is 7.76. The number of guanidine groups is 1. The van der Waals surface area contributed by atoms with Crippen LogP contribution >= 0.6 is 0 Å². The van der Waals surface area contributed by atoms with Crippen molar-refractivity contribution in [2.75, 3.05) is 11.9 Å². The first-order valence-electron chi connectivity index (χ1n) is 7.76. The van der Waals surface area contributed by atoms with E-state index in [1.54, 1.807) is 0 Å². The van der Waals surface area contributed by atoms with Crippen LogP contribution in [0.5, 0.6) is 0 Å². The van der Waals surface area contributed by atoms with Crippen LogP contribution in [-0.2, 0) is 17.7 Å². The molecule has 0 saturated carbocycles. The number of carbonyl (C=O) groups is 1. The molecule has 0 fully saturated rings. The van der Waals surface area contributed by atoms with Gasteiger partial charge >= 0.3 is 6.03 Å². The third kappa shape index (κ3) is 5.63. The van der Waals surface area contributed by atoms with Gasteiger partial charge in [-0.05, 0) is 35.5 Å². The van der Waals surface area contributed by atoms with Crippen molar-refractivity contribution in [3.05, 3.63) is 29.3 Å². The second kappa shape index (κ2) is 9.65. The van der Waals surface area contributed by atoms with Crippen molar-refractivity contribution in [3.8, 4) is 0 Å². The number of aryl methyl sites for hydroxylation is 2. The second-order valence-corrected chi connectivity index (χ2v) is 4.90. The molecule has 0 aromatic heterocycles. The Hall–Kier alpha value is -2.24. The Morgan fingerprint density at radius 3 is 2.41 bits per heavy atom. The Kier molecular flexibility index (Phi) is 7.81. The number of rotatable bonds is 7. The molecular formula is C16H26N4O2. The molecule has 22 heavy (non-hydrogen) atoms. The summed E-state index contributed by atoms with van der Waals surface area (Å²) in [5, 5.41) is 8.96. The van der Waals surface area contributed by atoms with Gasteiger partial charge in [-0.2, -0.15) is 0 Å². The molecule has 0 spiro atoms. The van der Waals surface area contributed by atoms with Gasteiger partial charge in [0.05, 0.1) is 0 Å². The molecule has 0 heterocycles. The summed E-state index contributed by atoms with van der Waals surface area (Å²) in [6, 6.07) is 5.58. The van der Waals surface area contributed by atoms with Crippen LogP contribution in [0.2, 0.25) is 0 Å².